The second-order valence-electron chi connectivity index (χ2n) is 4.55. The topological polar surface area (TPSA) is 84.2 Å². The van der Waals surface area contributed by atoms with Crippen molar-refractivity contribution in [1.29, 1.82) is 0 Å². The van der Waals surface area contributed by atoms with Gasteiger partial charge in [0.15, 0.2) is 0 Å². The third-order valence-corrected chi connectivity index (χ3v) is 2.14. The summed E-state index contributed by atoms with van der Waals surface area (Å²) < 4.78 is 0. The zero-order valence-electron chi connectivity index (χ0n) is 10.5. The second kappa shape index (κ2) is 7.22. The molecule has 0 heterocycles. The molecule has 0 rings (SSSR count). The minimum Gasteiger partial charge on any atom is -0.368 e. The van der Waals surface area contributed by atoms with Crippen LogP contribution in [0, 0.1) is 5.92 Å². The second-order valence-corrected chi connectivity index (χ2v) is 4.55. The Morgan fingerprint density at radius 3 is 2.12 bits per heavy atom. The molecule has 94 valence electrons. The highest BCUT2D eigenvalue weighted by Gasteiger charge is 2.18. The van der Waals surface area contributed by atoms with Crippen LogP contribution in [0.2, 0.25) is 0 Å². The standard InChI is InChI=1S/C11H23N3O2/c1-7(2)10(11(12)16)13-6-5-9(15)14-8(3)4/h7-8,10,13H,5-6H2,1-4H3,(H2,12,16)(H,14,15). The van der Waals surface area contributed by atoms with E-state index in [-0.39, 0.29) is 29.8 Å². The highest BCUT2D eigenvalue weighted by atomic mass is 16.2. The number of nitrogens with one attached hydrogen (secondary N) is 2. The van der Waals surface area contributed by atoms with E-state index in [0.717, 1.165) is 0 Å². The molecular formula is C11H23N3O2. The summed E-state index contributed by atoms with van der Waals surface area (Å²) in [4.78, 5) is 22.4. The molecule has 0 aromatic heterocycles. The zero-order chi connectivity index (χ0) is 12.7. The average molecular weight is 229 g/mol. The Morgan fingerprint density at radius 1 is 1.19 bits per heavy atom. The number of hydrogen-bond donors (Lipinski definition) is 3. The van der Waals surface area contributed by atoms with Gasteiger partial charge in [0.05, 0.1) is 6.04 Å². The highest BCUT2D eigenvalue weighted by molar-refractivity contribution is 5.80. The number of nitrogens with two attached hydrogens (primary N) is 1. The first-order valence-corrected chi connectivity index (χ1v) is 5.66. The van der Waals surface area contributed by atoms with E-state index in [1.165, 1.54) is 0 Å². The number of primary amides is 1. The lowest BCUT2D eigenvalue weighted by Gasteiger charge is -2.18. The van der Waals surface area contributed by atoms with Gasteiger partial charge in [-0.2, -0.15) is 0 Å². The SMILES string of the molecule is CC(C)NC(=O)CCNC(C(N)=O)C(C)C. The van der Waals surface area contributed by atoms with Crippen molar-refractivity contribution >= 4 is 11.8 Å². The highest BCUT2D eigenvalue weighted by Crippen LogP contribution is 2.00. The third-order valence-electron chi connectivity index (χ3n) is 2.14. The molecule has 5 heteroatoms. The zero-order valence-corrected chi connectivity index (χ0v) is 10.5. The smallest absolute Gasteiger partial charge is 0.234 e. The van der Waals surface area contributed by atoms with E-state index in [4.69, 9.17) is 5.73 Å². The Bertz CT molecular complexity index is 239. The Hall–Kier alpha value is -1.10. The summed E-state index contributed by atoms with van der Waals surface area (Å²) in [5, 5.41) is 5.77. The van der Waals surface area contributed by atoms with Crippen LogP contribution in [-0.2, 0) is 9.59 Å². The van der Waals surface area contributed by atoms with Crippen LogP contribution in [0.1, 0.15) is 34.1 Å². The summed E-state index contributed by atoms with van der Waals surface area (Å²) >= 11 is 0. The van der Waals surface area contributed by atoms with Crippen molar-refractivity contribution in [2.24, 2.45) is 11.7 Å². The van der Waals surface area contributed by atoms with Crippen LogP contribution < -0.4 is 16.4 Å². The van der Waals surface area contributed by atoms with Gasteiger partial charge >= 0.3 is 0 Å². The fraction of sp³-hybridized carbons (Fsp3) is 0.818. The van der Waals surface area contributed by atoms with Crippen molar-refractivity contribution in [3.05, 3.63) is 0 Å². The molecule has 2 amide bonds. The Balaban J connectivity index is 3.87. The monoisotopic (exact) mass is 229 g/mol. The van der Waals surface area contributed by atoms with E-state index in [0.29, 0.717) is 13.0 Å². The quantitative estimate of drug-likeness (QED) is 0.574. The molecule has 0 spiro atoms. The summed E-state index contributed by atoms with van der Waals surface area (Å²) in [7, 11) is 0. The summed E-state index contributed by atoms with van der Waals surface area (Å²) in [5.74, 6) is -0.264. The minimum atomic E-state index is -0.376. The van der Waals surface area contributed by atoms with E-state index in [1.807, 2.05) is 27.7 Å². The van der Waals surface area contributed by atoms with E-state index in [9.17, 15) is 9.59 Å². The molecule has 16 heavy (non-hydrogen) atoms. The van der Waals surface area contributed by atoms with Crippen LogP contribution in [0.3, 0.4) is 0 Å². The molecule has 0 bridgehead atoms. The van der Waals surface area contributed by atoms with Crippen molar-refractivity contribution in [2.75, 3.05) is 6.54 Å². The van der Waals surface area contributed by atoms with Gasteiger partial charge in [-0.3, -0.25) is 9.59 Å². The van der Waals surface area contributed by atoms with E-state index >= 15 is 0 Å². The van der Waals surface area contributed by atoms with Gasteiger partial charge in [0, 0.05) is 19.0 Å². The van der Waals surface area contributed by atoms with E-state index in [1.54, 1.807) is 0 Å². The normalized spacial score (nSPS) is 12.9. The Labute approximate surface area is 97.2 Å². The van der Waals surface area contributed by atoms with Gasteiger partial charge in [0.1, 0.15) is 0 Å². The van der Waals surface area contributed by atoms with Crippen LogP contribution in [0.25, 0.3) is 0 Å². The molecule has 1 unspecified atom stereocenters. The van der Waals surface area contributed by atoms with Gasteiger partial charge < -0.3 is 16.4 Å². The summed E-state index contributed by atoms with van der Waals surface area (Å²) in [5.41, 5.74) is 5.23. The third kappa shape index (κ3) is 6.40. The van der Waals surface area contributed by atoms with Gasteiger partial charge in [-0.05, 0) is 19.8 Å². The fourth-order valence-electron chi connectivity index (χ4n) is 1.40. The lowest BCUT2D eigenvalue weighted by Crippen LogP contribution is -2.46. The predicted octanol–water partition coefficient (Wildman–Crippen LogP) is 0.000600. The summed E-state index contributed by atoms with van der Waals surface area (Å²) in [6.45, 7) is 8.11. The Morgan fingerprint density at radius 2 is 1.75 bits per heavy atom. The average Bonchev–Trinajstić information content (AvgIpc) is 2.09. The molecular weight excluding hydrogens is 206 g/mol. The predicted molar refractivity (Wildman–Crippen MR) is 63.7 cm³/mol. The molecule has 0 aliphatic rings. The molecule has 5 nitrogen and oxygen atoms in total. The maximum absolute atomic E-state index is 11.3. The molecule has 0 aromatic rings. The van der Waals surface area contributed by atoms with Crippen LogP contribution >= 0.6 is 0 Å². The van der Waals surface area contributed by atoms with Gasteiger partial charge in [0.2, 0.25) is 11.8 Å². The number of carbonyl (C=O) groups is 2. The van der Waals surface area contributed by atoms with E-state index in [2.05, 4.69) is 10.6 Å². The molecule has 1 atom stereocenters. The van der Waals surface area contributed by atoms with Crippen LogP contribution in [0.4, 0.5) is 0 Å². The summed E-state index contributed by atoms with van der Waals surface area (Å²) in [6, 6.07) is -0.226. The van der Waals surface area contributed by atoms with Gasteiger partial charge in [-0.15, -0.1) is 0 Å². The lowest BCUT2D eigenvalue weighted by atomic mass is 10.0. The molecule has 0 aliphatic carbocycles. The van der Waals surface area contributed by atoms with Crippen molar-refractivity contribution < 1.29 is 9.59 Å². The summed E-state index contributed by atoms with van der Waals surface area (Å²) in [6.07, 6.45) is 0.356. The van der Waals surface area contributed by atoms with Crippen molar-refractivity contribution in [3.63, 3.8) is 0 Å². The Kier molecular flexibility index (Phi) is 6.72. The number of carbonyl (C=O) groups excluding carboxylic acids is 2. The van der Waals surface area contributed by atoms with Gasteiger partial charge in [-0.25, -0.2) is 0 Å². The molecule has 0 fully saturated rings. The molecule has 0 saturated carbocycles. The van der Waals surface area contributed by atoms with E-state index < -0.39 is 0 Å². The van der Waals surface area contributed by atoms with Crippen molar-refractivity contribution in [3.8, 4) is 0 Å². The molecule has 0 aromatic carbocycles. The first-order valence-electron chi connectivity index (χ1n) is 5.66. The van der Waals surface area contributed by atoms with Crippen molar-refractivity contribution in [2.45, 2.75) is 46.2 Å². The number of rotatable bonds is 7. The minimum absolute atomic E-state index is 0.0190. The molecule has 0 saturated heterocycles. The maximum atomic E-state index is 11.3. The first-order chi connectivity index (χ1) is 7.34. The molecule has 4 N–H and O–H groups in total. The number of amides is 2. The van der Waals surface area contributed by atoms with Crippen molar-refractivity contribution in [1.82, 2.24) is 10.6 Å². The van der Waals surface area contributed by atoms with Gasteiger partial charge in [0.25, 0.3) is 0 Å². The van der Waals surface area contributed by atoms with Crippen LogP contribution in [-0.4, -0.2) is 30.4 Å². The van der Waals surface area contributed by atoms with Crippen LogP contribution in [0.5, 0.6) is 0 Å². The van der Waals surface area contributed by atoms with Crippen LogP contribution in [0.15, 0.2) is 0 Å². The lowest BCUT2D eigenvalue weighted by molar-refractivity contribution is -0.123. The maximum Gasteiger partial charge on any atom is 0.234 e. The first kappa shape index (κ1) is 14.9. The van der Waals surface area contributed by atoms with Gasteiger partial charge in [-0.1, -0.05) is 13.8 Å². The fourth-order valence-corrected chi connectivity index (χ4v) is 1.40. The number of hydrogen-bond acceptors (Lipinski definition) is 3. The molecule has 0 radical (unpaired) electrons. The molecule has 0 aliphatic heterocycles. The largest absolute Gasteiger partial charge is 0.368 e.